The molecular formula is C16H22N2O2. The summed E-state index contributed by atoms with van der Waals surface area (Å²) in [5, 5.41) is 3.06. The van der Waals surface area contributed by atoms with Crippen LogP contribution in [0.2, 0.25) is 0 Å². The fraction of sp³-hybridized carbons (Fsp3) is 0.562. The number of rotatable bonds is 3. The Morgan fingerprint density at radius 3 is 2.15 bits per heavy atom. The van der Waals surface area contributed by atoms with Crippen molar-refractivity contribution in [3.8, 4) is 5.75 Å². The SMILES string of the molecule is COc1ccc(NC(=O)C23CCC(N)(CC2)CC3)cc1. The van der Waals surface area contributed by atoms with E-state index in [0.29, 0.717) is 0 Å². The molecule has 0 heterocycles. The average Bonchev–Trinajstić information content (AvgIpc) is 2.49. The van der Waals surface area contributed by atoms with E-state index in [2.05, 4.69) is 5.32 Å². The van der Waals surface area contributed by atoms with Crippen molar-refractivity contribution in [3.63, 3.8) is 0 Å². The summed E-state index contributed by atoms with van der Waals surface area (Å²) in [6, 6.07) is 7.48. The lowest BCUT2D eigenvalue weighted by Crippen LogP contribution is -2.55. The number of ether oxygens (including phenoxy) is 1. The predicted octanol–water partition coefficient (Wildman–Crippen LogP) is 2.69. The van der Waals surface area contributed by atoms with Gasteiger partial charge in [-0.3, -0.25) is 4.79 Å². The van der Waals surface area contributed by atoms with Crippen molar-refractivity contribution in [3.05, 3.63) is 24.3 Å². The van der Waals surface area contributed by atoms with Gasteiger partial charge in [0.2, 0.25) is 5.91 Å². The first-order valence-corrected chi connectivity index (χ1v) is 7.30. The van der Waals surface area contributed by atoms with E-state index in [0.717, 1.165) is 50.0 Å². The first-order chi connectivity index (χ1) is 9.55. The topological polar surface area (TPSA) is 64.3 Å². The molecule has 3 aliphatic carbocycles. The Morgan fingerprint density at radius 2 is 1.65 bits per heavy atom. The van der Waals surface area contributed by atoms with Crippen LogP contribution in [-0.2, 0) is 4.79 Å². The summed E-state index contributed by atoms with van der Waals surface area (Å²) in [6.45, 7) is 0. The molecule has 0 aliphatic heterocycles. The van der Waals surface area contributed by atoms with Gasteiger partial charge in [-0.25, -0.2) is 0 Å². The number of hydrogen-bond donors (Lipinski definition) is 2. The van der Waals surface area contributed by atoms with E-state index in [1.54, 1.807) is 7.11 Å². The zero-order chi connectivity index (χ0) is 14.2. The number of fused-ring (bicyclic) bond motifs is 3. The zero-order valence-electron chi connectivity index (χ0n) is 11.9. The van der Waals surface area contributed by atoms with Crippen LogP contribution in [0.25, 0.3) is 0 Å². The van der Waals surface area contributed by atoms with Crippen molar-refractivity contribution < 1.29 is 9.53 Å². The molecule has 1 amide bonds. The van der Waals surface area contributed by atoms with Gasteiger partial charge in [0.1, 0.15) is 5.75 Å². The highest BCUT2D eigenvalue weighted by molar-refractivity contribution is 5.95. The molecule has 0 spiro atoms. The maximum absolute atomic E-state index is 12.6. The third-order valence-electron chi connectivity index (χ3n) is 5.13. The van der Waals surface area contributed by atoms with Crippen LogP contribution in [0.5, 0.6) is 5.75 Å². The summed E-state index contributed by atoms with van der Waals surface area (Å²) in [5.74, 6) is 0.953. The molecule has 0 unspecified atom stereocenters. The number of carbonyl (C=O) groups excluding carboxylic acids is 1. The molecule has 0 saturated heterocycles. The molecule has 2 bridgehead atoms. The molecule has 3 fully saturated rings. The summed E-state index contributed by atoms with van der Waals surface area (Å²) < 4.78 is 5.12. The van der Waals surface area contributed by atoms with Crippen LogP contribution in [-0.4, -0.2) is 18.6 Å². The van der Waals surface area contributed by atoms with E-state index in [1.807, 2.05) is 24.3 Å². The van der Waals surface area contributed by atoms with Gasteiger partial charge in [-0.2, -0.15) is 0 Å². The molecule has 0 aromatic heterocycles. The fourth-order valence-electron chi connectivity index (χ4n) is 3.49. The second-order valence-corrected chi connectivity index (χ2v) is 6.33. The number of methoxy groups -OCH3 is 1. The highest BCUT2D eigenvalue weighted by atomic mass is 16.5. The number of nitrogens with two attached hydrogens (primary N) is 1. The quantitative estimate of drug-likeness (QED) is 0.890. The Morgan fingerprint density at radius 1 is 1.10 bits per heavy atom. The molecule has 3 aliphatic rings. The first kappa shape index (κ1) is 13.4. The molecule has 4 nitrogen and oxygen atoms in total. The minimum Gasteiger partial charge on any atom is -0.497 e. The summed E-state index contributed by atoms with van der Waals surface area (Å²) in [4.78, 5) is 12.6. The number of nitrogens with one attached hydrogen (secondary N) is 1. The molecule has 0 atom stereocenters. The van der Waals surface area contributed by atoms with E-state index in [-0.39, 0.29) is 16.9 Å². The fourth-order valence-corrected chi connectivity index (χ4v) is 3.49. The van der Waals surface area contributed by atoms with Gasteiger partial charge in [0.25, 0.3) is 0 Å². The maximum Gasteiger partial charge on any atom is 0.230 e. The Kier molecular flexibility index (Phi) is 3.21. The van der Waals surface area contributed by atoms with Crippen LogP contribution in [0.3, 0.4) is 0 Å². The molecule has 3 saturated carbocycles. The van der Waals surface area contributed by atoms with Gasteiger partial charge >= 0.3 is 0 Å². The zero-order valence-corrected chi connectivity index (χ0v) is 11.9. The van der Waals surface area contributed by atoms with E-state index in [1.165, 1.54) is 0 Å². The average molecular weight is 274 g/mol. The van der Waals surface area contributed by atoms with Crippen LogP contribution in [0.15, 0.2) is 24.3 Å². The van der Waals surface area contributed by atoms with E-state index < -0.39 is 0 Å². The van der Waals surface area contributed by atoms with Gasteiger partial charge in [-0.1, -0.05) is 0 Å². The van der Waals surface area contributed by atoms with Crippen LogP contribution in [0.1, 0.15) is 38.5 Å². The van der Waals surface area contributed by atoms with Crippen molar-refractivity contribution in [1.29, 1.82) is 0 Å². The largest absolute Gasteiger partial charge is 0.497 e. The van der Waals surface area contributed by atoms with Crippen LogP contribution in [0, 0.1) is 5.41 Å². The van der Waals surface area contributed by atoms with Gasteiger partial charge in [0.15, 0.2) is 0 Å². The van der Waals surface area contributed by atoms with Gasteiger partial charge in [-0.05, 0) is 62.8 Å². The molecule has 4 rings (SSSR count). The van der Waals surface area contributed by atoms with Crippen molar-refractivity contribution in [2.75, 3.05) is 12.4 Å². The van der Waals surface area contributed by atoms with Gasteiger partial charge in [0.05, 0.1) is 7.11 Å². The molecule has 1 aromatic carbocycles. The lowest BCUT2D eigenvalue weighted by molar-refractivity contribution is -0.131. The third kappa shape index (κ3) is 2.29. The Balaban J connectivity index is 1.70. The van der Waals surface area contributed by atoms with Crippen molar-refractivity contribution >= 4 is 11.6 Å². The van der Waals surface area contributed by atoms with Crippen molar-refractivity contribution in [1.82, 2.24) is 0 Å². The molecule has 1 aromatic rings. The summed E-state index contributed by atoms with van der Waals surface area (Å²) in [7, 11) is 1.63. The standard InChI is InChI=1S/C16H22N2O2/c1-20-13-4-2-12(3-5-13)18-14(19)15-6-9-16(17,10-7-15)11-8-15/h2-5H,6-11,17H2,1H3,(H,18,19). The number of benzene rings is 1. The number of carbonyl (C=O) groups is 1. The Bertz CT molecular complexity index is 485. The van der Waals surface area contributed by atoms with Crippen molar-refractivity contribution in [2.45, 2.75) is 44.1 Å². The summed E-state index contributed by atoms with van der Waals surface area (Å²) in [5.41, 5.74) is 6.94. The van der Waals surface area contributed by atoms with E-state index in [4.69, 9.17) is 10.5 Å². The number of hydrogen-bond acceptors (Lipinski definition) is 3. The summed E-state index contributed by atoms with van der Waals surface area (Å²) >= 11 is 0. The van der Waals surface area contributed by atoms with Crippen molar-refractivity contribution in [2.24, 2.45) is 11.1 Å². The minimum absolute atomic E-state index is 0.00213. The molecule has 0 radical (unpaired) electrons. The third-order valence-corrected chi connectivity index (χ3v) is 5.13. The van der Waals surface area contributed by atoms with E-state index >= 15 is 0 Å². The second kappa shape index (κ2) is 4.77. The highest BCUT2D eigenvalue weighted by Crippen LogP contribution is 2.51. The van der Waals surface area contributed by atoms with Gasteiger partial charge in [0, 0.05) is 16.6 Å². The van der Waals surface area contributed by atoms with Crippen LogP contribution >= 0.6 is 0 Å². The molecule has 20 heavy (non-hydrogen) atoms. The predicted molar refractivity (Wildman–Crippen MR) is 78.7 cm³/mol. The summed E-state index contributed by atoms with van der Waals surface area (Å²) in [6.07, 6.45) is 5.69. The number of amides is 1. The lowest BCUT2D eigenvalue weighted by Gasteiger charge is -2.50. The normalized spacial score (nSPS) is 31.9. The van der Waals surface area contributed by atoms with Crippen LogP contribution < -0.4 is 15.8 Å². The van der Waals surface area contributed by atoms with E-state index in [9.17, 15) is 4.79 Å². The monoisotopic (exact) mass is 274 g/mol. The Hall–Kier alpha value is -1.55. The first-order valence-electron chi connectivity index (χ1n) is 7.30. The smallest absolute Gasteiger partial charge is 0.230 e. The van der Waals surface area contributed by atoms with Gasteiger partial charge in [-0.15, -0.1) is 0 Å². The Labute approximate surface area is 119 Å². The lowest BCUT2D eigenvalue weighted by atomic mass is 9.57. The molecular weight excluding hydrogens is 252 g/mol. The number of anilines is 1. The maximum atomic E-state index is 12.6. The highest BCUT2D eigenvalue weighted by Gasteiger charge is 2.50. The molecule has 3 N–H and O–H groups in total. The molecule has 4 heteroatoms. The second-order valence-electron chi connectivity index (χ2n) is 6.33. The van der Waals surface area contributed by atoms with Crippen LogP contribution in [0.4, 0.5) is 5.69 Å². The minimum atomic E-state index is -0.193. The molecule has 108 valence electrons. The van der Waals surface area contributed by atoms with Gasteiger partial charge < -0.3 is 15.8 Å².